The summed E-state index contributed by atoms with van der Waals surface area (Å²) in [5, 5.41) is 4.47. The Morgan fingerprint density at radius 3 is 2.92 bits per heavy atom. The summed E-state index contributed by atoms with van der Waals surface area (Å²) in [6.45, 7) is 0.862. The van der Waals surface area contributed by atoms with Gasteiger partial charge in [0.15, 0.2) is 0 Å². The molecule has 1 heterocycles. The molecule has 1 aromatic rings. The molecule has 0 spiro atoms. The highest BCUT2D eigenvalue weighted by molar-refractivity contribution is 7.07. The van der Waals surface area contributed by atoms with Crippen molar-refractivity contribution in [3.05, 3.63) is 22.4 Å². The van der Waals surface area contributed by atoms with Crippen LogP contribution in [0.15, 0.2) is 16.8 Å². The normalized spacial score (nSPS) is 29.0. The summed E-state index contributed by atoms with van der Waals surface area (Å²) < 4.78 is 0. The Kier molecular flexibility index (Phi) is 3.01. The first-order valence-electron chi connectivity index (χ1n) is 5.14. The molecule has 0 aliphatic heterocycles. The molecule has 2 unspecified atom stereocenters. The summed E-state index contributed by atoms with van der Waals surface area (Å²) in [7, 11) is 0. The minimum atomic E-state index is 0.739. The van der Waals surface area contributed by atoms with Crippen LogP contribution in [-0.4, -0.2) is 6.54 Å². The van der Waals surface area contributed by atoms with Crippen LogP contribution in [0.25, 0.3) is 0 Å². The van der Waals surface area contributed by atoms with Gasteiger partial charge < -0.3 is 5.73 Å². The molecule has 0 bridgehead atoms. The number of hydrogen-bond donors (Lipinski definition) is 1. The Morgan fingerprint density at radius 1 is 1.38 bits per heavy atom. The van der Waals surface area contributed by atoms with Crippen LogP contribution in [0.4, 0.5) is 0 Å². The van der Waals surface area contributed by atoms with Crippen molar-refractivity contribution < 1.29 is 0 Å². The van der Waals surface area contributed by atoms with Crippen molar-refractivity contribution >= 4 is 11.3 Å². The minimum Gasteiger partial charge on any atom is -0.330 e. The van der Waals surface area contributed by atoms with Gasteiger partial charge in [0, 0.05) is 0 Å². The zero-order valence-electron chi connectivity index (χ0n) is 7.91. The second-order valence-corrected chi connectivity index (χ2v) is 4.72. The van der Waals surface area contributed by atoms with Gasteiger partial charge in [0.05, 0.1) is 0 Å². The maximum absolute atomic E-state index is 5.80. The largest absolute Gasteiger partial charge is 0.330 e. The van der Waals surface area contributed by atoms with E-state index in [0.717, 1.165) is 18.4 Å². The Bertz CT molecular complexity index is 243. The van der Waals surface area contributed by atoms with Gasteiger partial charge in [-0.2, -0.15) is 11.3 Å². The molecule has 0 radical (unpaired) electrons. The van der Waals surface area contributed by atoms with Crippen molar-refractivity contribution in [3.63, 3.8) is 0 Å². The van der Waals surface area contributed by atoms with Gasteiger partial charge in [-0.15, -0.1) is 0 Å². The lowest BCUT2D eigenvalue weighted by molar-refractivity contribution is 0.315. The lowest BCUT2D eigenvalue weighted by atomic mass is 9.76. The SMILES string of the molecule is NCC1CCCCC1c1ccsc1. The Balaban J connectivity index is 2.11. The molecule has 2 N–H and O–H groups in total. The Labute approximate surface area is 84.0 Å². The molecule has 1 nitrogen and oxygen atoms in total. The third-order valence-corrected chi connectivity index (χ3v) is 3.88. The zero-order valence-corrected chi connectivity index (χ0v) is 8.72. The Morgan fingerprint density at radius 2 is 2.23 bits per heavy atom. The third kappa shape index (κ3) is 1.94. The molecular weight excluding hydrogens is 178 g/mol. The molecule has 2 rings (SSSR count). The highest BCUT2D eigenvalue weighted by Gasteiger charge is 2.25. The molecule has 0 saturated heterocycles. The van der Waals surface area contributed by atoms with Gasteiger partial charge in [-0.05, 0) is 53.6 Å². The van der Waals surface area contributed by atoms with Crippen LogP contribution in [0.1, 0.15) is 37.2 Å². The van der Waals surface area contributed by atoms with Crippen LogP contribution < -0.4 is 5.73 Å². The van der Waals surface area contributed by atoms with E-state index in [-0.39, 0.29) is 0 Å². The molecule has 13 heavy (non-hydrogen) atoms. The average molecular weight is 195 g/mol. The van der Waals surface area contributed by atoms with Crippen molar-refractivity contribution in [2.75, 3.05) is 6.54 Å². The summed E-state index contributed by atoms with van der Waals surface area (Å²) >= 11 is 1.80. The van der Waals surface area contributed by atoms with Gasteiger partial charge in [0.1, 0.15) is 0 Å². The van der Waals surface area contributed by atoms with Gasteiger partial charge in [-0.3, -0.25) is 0 Å². The van der Waals surface area contributed by atoms with E-state index >= 15 is 0 Å². The molecular formula is C11H17NS. The van der Waals surface area contributed by atoms with E-state index < -0.39 is 0 Å². The van der Waals surface area contributed by atoms with Crippen LogP contribution >= 0.6 is 11.3 Å². The van der Waals surface area contributed by atoms with Crippen molar-refractivity contribution in [1.82, 2.24) is 0 Å². The van der Waals surface area contributed by atoms with Crippen LogP contribution in [0.3, 0.4) is 0 Å². The molecule has 2 atom stereocenters. The van der Waals surface area contributed by atoms with Gasteiger partial charge >= 0.3 is 0 Å². The van der Waals surface area contributed by atoms with E-state index in [1.54, 1.807) is 11.3 Å². The predicted octanol–water partition coefficient (Wildman–Crippen LogP) is 2.98. The molecule has 1 fully saturated rings. The first kappa shape index (κ1) is 9.22. The third-order valence-electron chi connectivity index (χ3n) is 3.18. The van der Waals surface area contributed by atoms with E-state index in [0.29, 0.717) is 0 Å². The monoisotopic (exact) mass is 195 g/mol. The fourth-order valence-electron chi connectivity index (χ4n) is 2.41. The number of thiophene rings is 1. The molecule has 1 aliphatic carbocycles. The zero-order chi connectivity index (χ0) is 9.10. The summed E-state index contributed by atoms with van der Waals surface area (Å²) in [5.41, 5.74) is 7.33. The van der Waals surface area contributed by atoms with E-state index in [2.05, 4.69) is 16.8 Å². The van der Waals surface area contributed by atoms with Crippen LogP contribution in [0.2, 0.25) is 0 Å². The summed E-state index contributed by atoms with van der Waals surface area (Å²) in [6.07, 6.45) is 5.44. The van der Waals surface area contributed by atoms with Crippen molar-refractivity contribution in [1.29, 1.82) is 0 Å². The second-order valence-electron chi connectivity index (χ2n) is 3.94. The first-order chi connectivity index (χ1) is 6.42. The van der Waals surface area contributed by atoms with E-state index in [1.165, 1.54) is 31.2 Å². The second kappa shape index (κ2) is 4.25. The van der Waals surface area contributed by atoms with Crippen LogP contribution in [-0.2, 0) is 0 Å². The number of hydrogen-bond acceptors (Lipinski definition) is 2. The number of nitrogens with two attached hydrogens (primary N) is 1. The molecule has 72 valence electrons. The van der Waals surface area contributed by atoms with E-state index in [4.69, 9.17) is 5.73 Å². The van der Waals surface area contributed by atoms with Crippen LogP contribution in [0, 0.1) is 5.92 Å². The van der Waals surface area contributed by atoms with E-state index in [1.807, 2.05) is 0 Å². The van der Waals surface area contributed by atoms with Crippen molar-refractivity contribution in [3.8, 4) is 0 Å². The minimum absolute atomic E-state index is 0.739. The summed E-state index contributed by atoms with van der Waals surface area (Å²) in [4.78, 5) is 0. The fraction of sp³-hybridized carbons (Fsp3) is 0.636. The quantitative estimate of drug-likeness (QED) is 0.771. The van der Waals surface area contributed by atoms with Crippen molar-refractivity contribution in [2.45, 2.75) is 31.6 Å². The molecule has 1 aromatic heterocycles. The standard InChI is InChI=1S/C11H17NS/c12-7-9-3-1-2-4-11(9)10-5-6-13-8-10/h5-6,8-9,11H,1-4,7,12H2. The number of rotatable bonds is 2. The highest BCUT2D eigenvalue weighted by Crippen LogP contribution is 2.37. The fourth-order valence-corrected chi connectivity index (χ4v) is 3.14. The first-order valence-corrected chi connectivity index (χ1v) is 6.08. The molecule has 2 heteroatoms. The summed E-state index contributed by atoms with van der Waals surface area (Å²) in [6, 6.07) is 2.27. The average Bonchev–Trinajstić information content (AvgIpc) is 2.70. The van der Waals surface area contributed by atoms with Gasteiger partial charge in [0.2, 0.25) is 0 Å². The van der Waals surface area contributed by atoms with Gasteiger partial charge in [-0.25, -0.2) is 0 Å². The summed E-state index contributed by atoms with van der Waals surface area (Å²) in [5.74, 6) is 1.49. The maximum atomic E-state index is 5.80. The lowest BCUT2D eigenvalue weighted by Gasteiger charge is -2.30. The van der Waals surface area contributed by atoms with Crippen molar-refractivity contribution in [2.24, 2.45) is 11.7 Å². The van der Waals surface area contributed by atoms with Gasteiger partial charge in [0.25, 0.3) is 0 Å². The topological polar surface area (TPSA) is 26.0 Å². The lowest BCUT2D eigenvalue weighted by Crippen LogP contribution is -2.24. The predicted molar refractivity (Wildman–Crippen MR) is 58.1 cm³/mol. The maximum Gasteiger partial charge on any atom is -0.00430 e. The molecule has 1 aliphatic rings. The van der Waals surface area contributed by atoms with E-state index in [9.17, 15) is 0 Å². The molecule has 0 amide bonds. The molecule has 0 aromatic carbocycles. The van der Waals surface area contributed by atoms with Crippen LogP contribution in [0.5, 0.6) is 0 Å². The van der Waals surface area contributed by atoms with Gasteiger partial charge in [-0.1, -0.05) is 12.8 Å². The molecule has 1 saturated carbocycles. The Hall–Kier alpha value is -0.340. The highest BCUT2D eigenvalue weighted by atomic mass is 32.1. The smallest absolute Gasteiger partial charge is 0.00430 e.